The number of rotatable bonds is 3. The second-order valence-electron chi connectivity index (χ2n) is 4.32. The summed E-state index contributed by atoms with van der Waals surface area (Å²) in [5.41, 5.74) is 0.652. The third kappa shape index (κ3) is 1.63. The van der Waals surface area contributed by atoms with Gasteiger partial charge < -0.3 is 9.26 Å². The monoisotopic (exact) mass is 246 g/mol. The molecule has 2 aromatic rings. The number of carbonyl (C=O) groups excluding carboxylic acids is 1. The highest BCUT2D eigenvalue weighted by Crippen LogP contribution is 2.36. The van der Waals surface area contributed by atoms with E-state index in [2.05, 4.69) is 12.1 Å². The Morgan fingerprint density at radius 3 is 3.17 bits per heavy atom. The molecule has 0 saturated carbocycles. The van der Waals surface area contributed by atoms with Gasteiger partial charge >= 0.3 is 0 Å². The van der Waals surface area contributed by atoms with Crippen molar-refractivity contribution in [3.05, 3.63) is 18.2 Å². The zero-order valence-corrected chi connectivity index (χ0v) is 10.2. The fraction of sp³-hybridized carbons (Fsp3) is 0.385. The minimum absolute atomic E-state index is 0.0547. The van der Waals surface area contributed by atoms with Gasteiger partial charge in [0.15, 0.2) is 18.0 Å². The molecule has 0 saturated heterocycles. The van der Waals surface area contributed by atoms with Gasteiger partial charge in [-0.1, -0.05) is 24.6 Å². The van der Waals surface area contributed by atoms with Crippen LogP contribution in [0, 0.1) is 0 Å². The van der Waals surface area contributed by atoms with Crippen molar-refractivity contribution in [2.45, 2.75) is 19.8 Å². The van der Waals surface area contributed by atoms with Crippen LogP contribution < -0.4 is 9.64 Å². The number of ether oxygens (including phenoxy) is 1. The van der Waals surface area contributed by atoms with E-state index < -0.39 is 0 Å². The van der Waals surface area contributed by atoms with Crippen molar-refractivity contribution in [2.75, 3.05) is 18.1 Å². The summed E-state index contributed by atoms with van der Waals surface area (Å²) in [6.07, 6.45) is 1.95. The fourth-order valence-electron chi connectivity index (χ4n) is 2.13. The van der Waals surface area contributed by atoms with Gasteiger partial charge in [-0.25, -0.2) is 0 Å². The van der Waals surface area contributed by atoms with Gasteiger partial charge in [0, 0.05) is 6.54 Å². The molecular formula is C13H14N2O3. The predicted octanol–water partition coefficient (Wildman–Crippen LogP) is 2.35. The molecule has 94 valence electrons. The first kappa shape index (κ1) is 11.1. The largest absolute Gasteiger partial charge is 0.483 e. The van der Waals surface area contributed by atoms with E-state index in [0.29, 0.717) is 23.7 Å². The molecule has 2 heterocycles. The molecule has 1 aliphatic rings. The number of unbranched alkanes of at least 4 members (excludes halogenated alkanes) is 1. The maximum absolute atomic E-state index is 12.0. The minimum atomic E-state index is -0.0742. The van der Waals surface area contributed by atoms with Crippen molar-refractivity contribution >= 4 is 22.7 Å². The summed E-state index contributed by atoms with van der Waals surface area (Å²) in [7, 11) is 0. The van der Waals surface area contributed by atoms with Crippen LogP contribution in [-0.2, 0) is 4.79 Å². The molecule has 1 aromatic carbocycles. The maximum atomic E-state index is 12.0. The predicted molar refractivity (Wildman–Crippen MR) is 66.8 cm³/mol. The Balaban J connectivity index is 2.12. The lowest BCUT2D eigenvalue weighted by atomic mass is 10.2. The molecule has 0 aliphatic carbocycles. The summed E-state index contributed by atoms with van der Waals surface area (Å²) in [6.45, 7) is 2.79. The standard InChI is InChI=1S/C13H14N2O3/c1-2-3-7-15-11(16)8-17-9-5-4-6-10-12(9)13(15)14-18-10/h4-6H,2-3,7-8H2,1H3. The van der Waals surface area contributed by atoms with E-state index in [1.807, 2.05) is 18.2 Å². The van der Waals surface area contributed by atoms with E-state index in [4.69, 9.17) is 9.26 Å². The Labute approximate surface area is 104 Å². The number of aromatic nitrogens is 1. The van der Waals surface area contributed by atoms with Crippen LogP contribution in [0.5, 0.6) is 5.75 Å². The van der Waals surface area contributed by atoms with E-state index in [9.17, 15) is 4.79 Å². The molecule has 1 aliphatic heterocycles. The molecule has 0 bridgehead atoms. The molecule has 0 atom stereocenters. The van der Waals surface area contributed by atoms with Crippen molar-refractivity contribution in [1.29, 1.82) is 0 Å². The fourth-order valence-corrected chi connectivity index (χ4v) is 2.13. The minimum Gasteiger partial charge on any atom is -0.483 e. The van der Waals surface area contributed by atoms with E-state index in [1.54, 1.807) is 4.90 Å². The third-order valence-electron chi connectivity index (χ3n) is 3.09. The van der Waals surface area contributed by atoms with Crippen molar-refractivity contribution in [1.82, 2.24) is 5.16 Å². The first-order valence-corrected chi connectivity index (χ1v) is 6.13. The van der Waals surface area contributed by atoms with Crippen LogP contribution in [0.1, 0.15) is 19.8 Å². The first-order valence-electron chi connectivity index (χ1n) is 6.13. The van der Waals surface area contributed by atoms with Crippen LogP contribution in [0.3, 0.4) is 0 Å². The van der Waals surface area contributed by atoms with Gasteiger partial charge in [0.05, 0.1) is 0 Å². The second-order valence-corrected chi connectivity index (χ2v) is 4.32. The van der Waals surface area contributed by atoms with Gasteiger partial charge in [-0.2, -0.15) is 0 Å². The Hall–Kier alpha value is -2.04. The van der Waals surface area contributed by atoms with Gasteiger partial charge in [0.1, 0.15) is 11.1 Å². The average Bonchev–Trinajstić information content (AvgIpc) is 2.75. The smallest absolute Gasteiger partial charge is 0.266 e. The lowest BCUT2D eigenvalue weighted by molar-refractivity contribution is -0.120. The SMILES string of the molecule is CCCCN1C(=O)COc2cccc3onc1c23. The van der Waals surface area contributed by atoms with E-state index >= 15 is 0 Å². The van der Waals surface area contributed by atoms with Crippen LogP contribution in [0.2, 0.25) is 0 Å². The Bertz CT molecular complexity index is 591. The third-order valence-corrected chi connectivity index (χ3v) is 3.09. The molecule has 5 heteroatoms. The molecule has 0 N–H and O–H groups in total. The van der Waals surface area contributed by atoms with Crippen molar-refractivity contribution in [2.24, 2.45) is 0 Å². The number of carbonyl (C=O) groups is 1. The number of hydrogen-bond donors (Lipinski definition) is 0. The van der Waals surface area contributed by atoms with Gasteiger partial charge in [0.25, 0.3) is 5.91 Å². The molecule has 0 radical (unpaired) electrons. The van der Waals surface area contributed by atoms with Crippen LogP contribution in [-0.4, -0.2) is 24.2 Å². The normalized spacial score (nSPS) is 14.7. The highest BCUT2D eigenvalue weighted by atomic mass is 16.5. The Kier molecular flexibility index (Phi) is 2.66. The van der Waals surface area contributed by atoms with Crippen LogP contribution in [0.25, 0.3) is 11.0 Å². The van der Waals surface area contributed by atoms with Gasteiger partial charge in [0.2, 0.25) is 0 Å². The number of nitrogens with zero attached hydrogens (tertiary/aromatic N) is 2. The Morgan fingerprint density at radius 2 is 2.33 bits per heavy atom. The molecule has 5 nitrogen and oxygen atoms in total. The number of benzene rings is 1. The maximum Gasteiger partial charge on any atom is 0.266 e. The second kappa shape index (κ2) is 4.33. The summed E-state index contributed by atoms with van der Waals surface area (Å²) in [5, 5.41) is 4.81. The summed E-state index contributed by atoms with van der Waals surface area (Å²) in [4.78, 5) is 13.7. The average molecular weight is 246 g/mol. The lowest BCUT2D eigenvalue weighted by Crippen LogP contribution is -2.34. The van der Waals surface area contributed by atoms with E-state index in [0.717, 1.165) is 18.2 Å². The van der Waals surface area contributed by atoms with Crippen molar-refractivity contribution in [3.63, 3.8) is 0 Å². The molecule has 1 aromatic heterocycles. The number of hydrogen-bond acceptors (Lipinski definition) is 4. The van der Waals surface area contributed by atoms with Crippen LogP contribution in [0.4, 0.5) is 5.82 Å². The van der Waals surface area contributed by atoms with E-state index in [1.165, 1.54) is 0 Å². The zero-order valence-electron chi connectivity index (χ0n) is 10.2. The molecule has 0 fully saturated rings. The van der Waals surface area contributed by atoms with Crippen LogP contribution in [0.15, 0.2) is 22.7 Å². The molecule has 1 amide bonds. The van der Waals surface area contributed by atoms with E-state index in [-0.39, 0.29) is 12.5 Å². The number of amides is 1. The highest BCUT2D eigenvalue weighted by Gasteiger charge is 2.27. The van der Waals surface area contributed by atoms with Crippen LogP contribution >= 0.6 is 0 Å². The molecule has 0 unspecified atom stereocenters. The lowest BCUT2D eigenvalue weighted by Gasteiger charge is -2.17. The van der Waals surface area contributed by atoms with Crippen molar-refractivity contribution in [3.8, 4) is 5.75 Å². The zero-order chi connectivity index (χ0) is 12.5. The topological polar surface area (TPSA) is 55.6 Å². The molecule has 3 rings (SSSR count). The number of anilines is 1. The first-order chi connectivity index (χ1) is 8.81. The van der Waals surface area contributed by atoms with Gasteiger partial charge in [-0.15, -0.1) is 0 Å². The Morgan fingerprint density at radius 1 is 1.44 bits per heavy atom. The molecular weight excluding hydrogens is 232 g/mol. The summed E-state index contributed by atoms with van der Waals surface area (Å²) in [6, 6.07) is 5.49. The van der Waals surface area contributed by atoms with Crippen molar-refractivity contribution < 1.29 is 14.1 Å². The molecule has 18 heavy (non-hydrogen) atoms. The van der Waals surface area contributed by atoms with Gasteiger partial charge in [-0.05, 0) is 18.6 Å². The summed E-state index contributed by atoms with van der Waals surface area (Å²) in [5.74, 6) is 1.17. The summed E-state index contributed by atoms with van der Waals surface area (Å²) < 4.78 is 10.8. The highest BCUT2D eigenvalue weighted by molar-refractivity contribution is 6.05. The van der Waals surface area contributed by atoms with Gasteiger partial charge in [-0.3, -0.25) is 9.69 Å². The summed E-state index contributed by atoms with van der Waals surface area (Å²) >= 11 is 0. The molecule has 0 spiro atoms. The quantitative estimate of drug-likeness (QED) is 0.834.